The zero-order valence-corrected chi connectivity index (χ0v) is 12.6. The Hall–Kier alpha value is -2.23. The lowest BCUT2D eigenvalue weighted by Gasteiger charge is -2.34. The Bertz CT molecular complexity index is 707. The summed E-state index contributed by atoms with van der Waals surface area (Å²) in [6, 6.07) is 7.49. The van der Waals surface area contributed by atoms with Crippen LogP contribution in [0, 0.1) is 11.8 Å². The molecule has 0 bridgehead atoms. The number of carbonyl (C=O) groups excluding carboxylic acids is 1. The minimum absolute atomic E-state index is 0.0762. The zero-order chi connectivity index (χ0) is 15.3. The van der Waals surface area contributed by atoms with Crippen LogP contribution in [0.1, 0.15) is 25.3 Å². The Kier molecular flexibility index (Phi) is 2.83. The molecule has 4 nitrogen and oxygen atoms in total. The molecule has 2 heterocycles. The molecule has 114 valence electrons. The van der Waals surface area contributed by atoms with E-state index in [4.69, 9.17) is 0 Å². The monoisotopic (exact) mass is 296 g/mol. The van der Waals surface area contributed by atoms with E-state index in [-0.39, 0.29) is 23.3 Å². The Morgan fingerprint density at radius 3 is 2.95 bits per heavy atom. The highest BCUT2D eigenvalue weighted by atomic mass is 16.3. The highest BCUT2D eigenvalue weighted by Crippen LogP contribution is 2.50. The summed E-state index contributed by atoms with van der Waals surface area (Å²) in [7, 11) is 0. The van der Waals surface area contributed by atoms with Crippen LogP contribution in [0.3, 0.4) is 0 Å². The van der Waals surface area contributed by atoms with E-state index in [1.165, 1.54) is 5.57 Å². The number of hydrogen-bond acceptors (Lipinski definition) is 3. The van der Waals surface area contributed by atoms with Crippen LogP contribution in [0.5, 0.6) is 5.75 Å². The van der Waals surface area contributed by atoms with Crippen molar-refractivity contribution in [1.29, 1.82) is 0 Å². The molecule has 1 aromatic carbocycles. The number of phenolic OH excluding ortho intramolecular Hbond substituents is 1. The quantitative estimate of drug-likeness (QED) is 0.744. The number of phenols is 1. The molecule has 4 rings (SSSR count). The molecule has 4 heteroatoms. The maximum absolute atomic E-state index is 12.3. The molecule has 1 aromatic rings. The molecule has 1 amide bonds. The van der Waals surface area contributed by atoms with Gasteiger partial charge in [0.05, 0.1) is 11.5 Å². The molecule has 0 saturated carbocycles. The van der Waals surface area contributed by atoms with Crippen molar-refractivity contribution in [3.8, 4) is 5.75 Å². The van der Waals surface area contributed by atoms with Crippen LogP contribution in [-0.4, -0.2) is 17.6 Å². The minimum Gasteiger partial charge on any atom is -0.508 e. The molecule has 3 unspecified atom stereocenters. The lowest BCUT2D eigenvalue weighted by molar-refractivity contribution is -0.123. The van der Waals surface area contributed by atoms with Crippen molar-refractivity contribution in [2.24, 2.45) is 11.8 Å². The van der Waals surface area contributed by atoms with Crippen molar-refractivity contribution in [1.82, 2.24) is 10.6 Å². The Balaban J connectivity index is 1.85. The van der Waals surface area contributed by atoms with E-state index >= 15 is 0 Å². The number of para-hydroxylation sites is 1. The number of nitrogens with one attached hydrogen (secondary N) is 2. The molecule has 2 aliphatic heterocycles. The third kappa shape index (κ3) is 1.73. The maximum Gasteiger partial charge on any atom is 0.227 e. The topological polar surface area (TPSA) is 61.4 Å². The van der Waals surface area contributed by atoms with E-state index in [2.05, 4.69) is 29.7 Å². The first-order valence-electron chi connectivity index (χ1n) is 7.86. The first-order chi connectivity index (χ1) is 10.6. The summed E-state index contributed by atoms with van der Waals surface area (Å²) in [6.45, 7) is 2.81. The summed E-state index contributed by atoms with van der Waals surface area (Å²) in [5.41, 5.74) is 2.79. The Labute approximate surface area is 129 Å². The SMILES string of the molecule is CC1(c2ccccc2O)NC2=C3C(CC=C2)C(=O)NCCC31. The van der Waals surface area contributed by atoms with Gasteiger partial charge in [-0.2, -0.15) is 0 Å². The van der Waals surface area contributed by atoms with Gasteiger partial charge in [0.25, 0.3) is 0 Å². The van der Waals surface area contributed by atoms with Gasteiger partial charge < -0.3 is 15.7 Å². The van der Waals surface area contributed by atoms with Gasteiger partial charge in [0.1, 0.15) is 5.75 Å². The van der Waals surface area contributed by atoms with Gasteiger partial charge >= 0.3 is 0 Å². The lowest BCUT2D eigenvalue weighted by atomic mass is 9.72. The van der Waals surface area contributed by atoms with E-state index < -0.39 is 0 Å². The fourth-order valence-corrected chi connectivity index (χ4v) is 4.28. The van der Waals surface area contributed by atoms with Crippen LogP contribution in [0.15, 0.2) is 47.7 Å². The van der Waals surface area contributed by atoms with Gasteiger partial charge in [0.2, 0.25) is 5.91 Å². The molecule has 0 radical (unpaired) electrons. The number of rotatable bonds is 1. The number of hydrogen-bond donors (Lipinski definition) is 3. The van der Waals surface area contributed by atoms with Crippen LogP contribution in [0.2, 0.25) is 0 Å². The molecule has 1 saturated heterocycles. The number of carbonyl (C=O) groups is 1. The van der Waals surface area contributed by atoms with Crippen LogP contribution in [0.4, 0.5) is 0 Å². The second-order valence-corrected chi connectivity index (χ2v) is 6.54. The minimum atomic E-state index is -0.380. The summed E-state index contributed by atoms with van der Waals surface area (Å²) in [6.07, 6.45) is 5.80. The average Bonchev–Trinajstić information content (AvgIpc) is 2.68. The van der Waals surface area contributed by atoms with Crippen molar-refractivity contribution >= 4 is 5.91 Å². The molecule has 0 aromatic heterocycles. The number of allylic oxidation sites excluding steroid dienone is 2. The molecule has 0 spiro atoms. The van der Waals surface area contributed by atoms with Gasteiger partial charge in [-0.1, -0.05) is 24.3 Å². The smallest absolute Gasteiger partial charge is 0.227 e. The summed E-state index contributed by atoms with van der Waals surface area (Å²) in [5, 5.41) is 17.0. The van der Waals surface area contributed by atoms with E-state index in [9.17, 15) is 9.90 Å². The molecule has 1 fully saturated rings. The predicted molar refractivity (Wildman–Crippen MR) is 84.0 cm³/mol. The van der Waals surface area contributed by atoms with Gasteiger partial charge in [-0.05, 0) is 37.5 Å². The second kappa shape index (κ2) is 4.63. The highest BCUT2D eigenvalue weighted by molar-refractivity contribution is 5.83. The van der Waals surface area contributed by atoms with Crippen molar-refractivity contribution in [2.75, 3.05) is 6.54 Å². The lowest BCUT2D eigenvalue weighted by Crippen LogP contribution is -2.40. The molecule has 1 aliphatic carbocycles. The molecule has 3 aliphatic rings. The average molecular weight is 296 g/mol. The van der Waals surface area contributed by atoms with Gasteiger partial charge in [-0.15, -0.1) is 0 Å². The van der Waals surface area contributed by atoms with Crippen LogP contribution >= 0.6 is 0 Å². The van der Waals surface area contributed by atoms with Crippen LogP contribution in [0.25, 0.3) is 0 Å². The number of amides is 1. The van der Waals surface area contributed by atoms with Crippen molar-refractivity contribution in [3.05, 3.63) is 53.3 Å². The van der Waals surface area contributed by atoms with Crippen LogP contribution < -0.4 is 10.6 Å². The molecular weight excluding hydrogens is 276 g/mol. The molecule has 22 heavy (non-hydrogen) atoms. The summed E-state index contributed by atoms with van der Waals surface area (Å²) >= 11 is 0. The largest absolute Gasteiger partial charge is 0.508 e. The van der Waals surface area contributed by atoms with Gasteiger partial charge in [-0.25, -0.2) is 0 Å². The first-order valence-corrected chi connectivity index (χ1v) is 7.86. The van der Waals surface area contributed by atoms with Gasteiger partial charge in [-0.3, -0.25) is 4.79 Å². The van der Waals surface area contributed by atoms with Crippen molar-refractivity contribution < 1.29 is 9.90 Å². The Morgan fingerprint density at radius 2 is 2.14 bits per heavy atom. The standard InChI is InChI=1S/C18H20N2O2/c1-18(12-6-2-3-8-15(12)21)13-9-10-19-17(22)11-5-4-7-14(20-18)16(11)13/h2-4,6-8,11,13,20-21H,5,9-10H2,1H3,(H,19,22). The summed E-state index contributed by atoms with van der Waals surface area (Å²) < 4.78 is 0. The van der Waals surface area contributed by atoms with E-state index in [1.807, 2.05) is 18.2 Å². The Morgan fingerprint density at radius 1 is 1.32 bits per heavy atom. The number of benzene rings is 1. The molecular formula is C18H20N2O2. The first kappa shape index (κ1) is 13.4. The second-order valence-electron chi connectivity index (χ2n) is 6.54. The third-order valence-corrected chi connectivity index (χ3v) is 5.32. The van der Waals surface area contributed by atoms with Crippen molar-refractivity contribution in [3.63, 3.8) is 0 Å². The third-order valence-electron chi connectivity index (χ3n) is 5.32. The summed E-state index contributed by atoms with van der Waals surface area (Å²) in [5.74, 6) is 0.571. The normalized spacial score (nSPS) is 33.0. The fraction of sp³-hybridized carbons (Fsp3) is 0.389. The fourth-order valence-electron chi connectivity index (χ4n) is 4.28. The van der Waals surface area contributed by atoms with Crippen molar-refractivity contribution in [2.45, 2.75) is 25.3 Å². The van der Waals surface area contributed by atoms with E-state index in [0.717, 1.165) is 24.1 Å². The molecule has 3 atom stereocenters. The summed E-state index contributed by atoms with van der Waals surface area (Å²) in [4.78, 5) is 12.3. The van der Waals surface area contributed by atoms with Gasteiger partial charge in [0.15, 0.2) is 0 Å². The zero-order valence-electron chi connectivity index (χ0n) is 12.6. The number of aromatic hydroxyl groups is 1. The molecule has 3 N–H and O–H groups in total. The maximum atomic E-state index is 12.3. The van der Waals surface area contributed by atoms with E-state index in [0.29, 0.717) is 12.3 Å². The van der Waals surface area contributed by atoms with E-state index in [1.54, 1.807) is 6.07 Å². The van der Waals surface area contributed by atoms with Crippen LogP contribution in [-0.2, 0) is 10.3 Å². The highest BCUT2D eigenvalue weighted by Gasteiger charge is 2.50. The predicted octanol–water partition coefficient (Wildman–Crippen LogP) is 2.18. The van der Waals surface area contributed by atoms with Gasteiger partial charge in [0, 0.05) is 23.7 Å².